The van der Waals surface area contributed by atoms with Crippen molar-refractivity contribution in [1.82, 2.24) is 10.2 Å². The topological polar surface area (TPSA) is 116 Å². The lowest BCUT2D eigenvalue weighted by Gasteiger charge is -2.29. The number of carbonyl (C=O) groups is 4. The van der Waals surface area contributed by atoms with Crippen LogP contribution < -0.4 is 10.6 Å². The molecule has 0 radical (unpaired) electrons. The Kier molecular flexibility index (Phi) is 4.63. The summed E-state index contributed by atoms with van der Waals surface area (Å²) in [6.07, 6.45) is -0.0235. The molecule has 1 spiro atoms. The van der Waals surface area contributed by atoms with E-state index >= 15 is 0 Å². The molecule has 3 aliphatic rings. The van der Waals surface area contributed by atoms with E-state index in [2.05, 4.69) is 10.6 Å². The fraction of sp³-hybridized carbons (Fsp3) is 0.333. The number of carbonyl (C=O) groups excluding carboxylic acids is 3. The molecule has 164 valence electrons. The summed E-state index contributed by atoms with van der Waals surface area (Å²) >= 11 is 0. The summed E-state index contributed by atoms with van der Waals surface area (Å²) in [6.45, 7) is 2.02. The van der Waals surface area contributed by atoms with Gasteiger partial charge in [-0.1, -0.05) is 48.0 Å². The van der Waals surface area contributed by atoms with Crippen molar-refractivity contribution in [3.05, 3.63) is 65.2 Å². The minimum absolute atomic E-state index is 0.121. The summed E-state index contributed by atoms with van der Waals surface area (Å²) in [5.41, 5.74) is 1.58. The number of rotatable bonds is 5. The highest BCUT2D eigenvalue weighted by molar-refractivity contribution is 6.15. The van der Waals surface area contributed by atoms with Crippen LogP contribution in [0.2, 0.25) is 0 Å². The zero-order valence-corrected chi connectivity index (χ0v) is 17.5. The minimum atomic E-state index is -1.40. The van der Waals surface area contributed by atoms with E-state index < -0.39 is 35.3 Å². The molecular weight excluding hydrogens is 410 g/mol. The summed E-state index contributed by atoms with van der Waals surface area (Å²) in [6, 6.07) is 14.1. The zero-order valence-electron chi connectivity index (χ0n) is 17.5. The van der Waals surface area contributed by atoms with Gasteiger partial charge in [0.1, 0.15) is 5.54 Å². The monoisotopic (exact) mass is 433 g/mol. The number of hydrogen-bond donors (Lipinski definition) is 3. The number of hydrogen-bond acceptors (Lipinski definition) is 5. The largest absolute Gasteiger partial charge is 0.481 e. The second-order valence-corrected chi connectivity index (χ2v) is 8.75. The smallest absolute Gasteiger partial charge is 0.303 e. The third kappa shape index (κ3) is 2.86. The molecule has 5 rings (SSSR count). The molecular formula is C24H23N3O5. The summed E-state index contributed by atoms with van der Waals surface area (Å²) < 4.78 is 0. The number of likely N-dealkylation sites (tertiary alicyclic amines) is 1. The number of anilines is 1. The van der Waals surface area contributed by atoms with Crippen LogP contribution in [0.3, 0.4) is 0 Å². The van der Waals surface area contributed by atoms with Gasteiger partial charge in [0.15, 0.2) is 0 Å². The molecule has 0 bridgehead atoms. The van der Waals surface area contributed by atoms with Gasteiger partial charge in [-0.25, -0.2) is 0 Å². The Hall–Kier alpha value is -3.52. The van der Waals surface area contributed by atoms with Crippen LogP contribution in [0.25, 0.3) is 0 Å². The van der Waals surface area contributed by atoms with Gasteiger partial charge < -0.3 is 10.4 Å². The van der Waals surface area contributed by atoms with Crippen LogP contribution in [0, 0.1) is 18.8 Å². The molecule has 3 aliphatic heterocycles. The minimum Gasteiger partial charge on any atom is -0.481 e. The van der Waals surface area contributed by atoms with Crippen molar-refractivity contribution < 1.29 is 24.3 Å². The van der Waals surface area contributed by atoms with Crippen molar-refractivity contribution in [3.63, 3.8) is 0 Å². The van der Waals surface area contributed by atoms with E-state index in [1.807, 2.05) is 49.4 Å². The van der Waals surface area contributed by atoms with Crippen molar-refractivity contribution in [2.24, 2.45) is 11.8 Å². The maximum absolute atomic E-state index is 13.7. The van der Waals surface area contributed by atoms with Crippen LogP contribution in [0.4, 0.5) is 5.69 Å². The van der Waals surface area contributed by atoms with Gasteiger partial charge in [0.25, 0.3) is 0 Å². The average Bonchev–Trinajstić information content (AvgIpc) is 3.34. The number of carboxylic acid groups (broad SMARTS) is 1. The van der Waals surface area contributed by atoms with Gasteiger partial charge in [-0.05, 0) is 25.0 Å². The first-order valence-corrected chi connectivity index (χ1v) is 10.6. The van der Waals surface area contributed by atoms with Gasteiger partial charge >= 0.3 is 5.97 Å². The average molecular weight is 433 g/mol. The van der Waals surface area contributed by atoms with Gasteiger partial charge in [-0.3, -0.25) is 29.4 Å². The van der Waals surface area contributed by atoms with E-state index in [0.717, 1.165) is 11.1 Å². The van der Waals surface area contributed by atoms with Crippen LogP contribution in [-0.4, -0.2) is 39.7 Å². The predicted molar refractivity (Wildman–Crippen MR) is 114 cm³/mol. The van der Waals surface area contributed by atoms with Gasteiger partial charge in [0, 0.05) is 23.7 Å². The number of amides is 3. The molecule has 3 amide bonds. The van der Waals surface area contributed by atoms with Gasteiger partial charge in [-0.15, -0.1) is 0 Å². The Labute approximate surface area is 184 Å². The Balaban J connectivity index is 1.59. The summed E-state index contributed by atoms with van der Waals surface area (Å²) in [5, 5.41) is 15.3. The molecule has 2 saturated heterocycles. The second-order valence-electron chi connectivity index (χ2n) is 8.75. The number of nitrogens with one attached hydrogen (secondary N) is 2. The predicted octanol–water partition coefficient (Wildman–Crippen LogP) is 1.78. The molecule has 3 N–H and O–H groups in total. The number of aryl methyl sites for hydroxylation is 1. The van der Waals surface area contributed by atoms with Crippen molar-refractivity contribution in [3.8, 4) is 0 Å². The lowest BCUT2D eigenvalue weighted by molar-refractivity contribution is -0.144. The number of aliphatic carboxylic acids is 1. The highest BCUT2D eigenvalue weighted by atomic mass is 16.4. The molecule has 4 unspecified atom stereocenters. The fourth-order valence-electron chi connectivity index (χ4n) is 5.42. The van der Waals surface area contributed by atoms with Crippen molar-refractivity contribution in [1.29, 1.82) is 0 Å². The molecule has 2 aromatic rings. The van der Waals surface area contributed by atoms with Crippen LogP contribution in [0.15, 0.2) is 48.5 Å². The molecule has 0 saturated carbocycles. The third-order valence-electron chi connectivity index (χ3n) is 6.81. The van der Waals surface area contributed by atoms with E-state index in [1.54, 1.807) is 6.07 Å². The molecule has 2 aromatic carbocycles. The SMILES string of the molecule is Cc1ccc2c(c1)C1(NC(CCC(=O)O)C3C(=O)N(Cc4ccccc4)C(=O)C31)C(=O)N2. The van der Waals surface area contributed by atoms with E-state index in [4.69, 9.17) is 0 Å². The molecule has 8 nitrogen and oxygen atoms in total. The maximum atomic E-state index is 13.7. The molecule has 4 atom stereocenters. The highest BCUT2D eigenvalue weighted by Crippen LogP contribution is 2.53. The molecule has 3 heterocycles. The summed E-state index contributed by atoms with van der Waals surface area (Å²) in [4.78, 5) is 52.9. The van der Waals surface area contributed by atoms with Crippen LogP contribution in [-0.2, 0) is 31.3 Å². The zero-order chi connectivity index (χ0) is 22.6. The number of benzene rings is 2. The lowest BCUT2D eigenvalue weighted by Crippen LogP contribution is -2.53. The van der Waals surface area contributed by atoms with E-state index in [9.17, 15) is 24.3 Å². The number of nitrogens with zero attached hydrogens (tertiary/aromatic N) is 1. The standard InChI is InChI=1S/C24H23N3O5/c1-13-7-8-16-15(11-13)24(23(32)25-16)20-19(17(26-24)9-10-18(28)29)21(30)27(22(20)31)12-14-5-3-2-4-6-14/h2-8,11,17,19-20,26H,9-10,12H2,1H3,(H,25,32)(H,28,29). The molecule has 2 fully saturated rings. The Morgan fingerprint density at radius 2 is 1.84 bits per heavy atom. The third-order valence-corrected chi connectivity index (χ3v) is 6.81. The molecule has 32 heavy (non-hydrogen) atoms. The summed E-state index contributed by atoms with van der Waals surface area (Å²) in [7, 11) is 0. The highest BCUT2D eigenvalue weighted by Gasteiger charge is 2.70. The van der Waals surface area contributed by atoms with Gasteiger partial charge in [0.05, 0.1) is 18.4 Å². The molecule has 0 aliphatic carbocycles. The van der Waals surface area contributed by atoms with Crippen LogP contribution in [0.5, 0.6) is 0 Å². The number of imide groups is 1. The van der Waals surface area contributed by atoms with Gasteiger partial charge in [0.2, 0.25) is 17.7 Å². The number of carboxylic acids is 1. The second kappa shape index (κ2) is 7.27. The van der Waals surface area contributed by atoms with E-state index in [-0.39, 0.29) is 31.2 Å². The van der Waals surface area contributed by atoms with E-state index in [0.29, 0.717) is 11.3 Å². The Morgan fingerprint density at radius 3 is 2.56 bits per heavy atom. The van der Waals surface area contributed by atoms with Crippen LogP contribution in [0.1, 0.15) is 29.5 Å². The van der Waals surface area contributed by atoms with Crippen molar-refractivity contribution in [2.45, 2.75) is 37.9 Å². The maximum Gasteiger partial charge on any atom is 0.303 e. The number of fused-ring (bicyclic) bond motifs is 4. The molecule has 0 aromatic heterocycles. The van der Waals surface area contributed by atoms with Crippen LogP contribution >= 0.6 is 0 Å². The Morgan fingerprint density at radius 1 is 1.09 bits per heavy atom. The van der Waals surface area contributed by atoms with Crippen molar-refractivity contribution in [2.75, 3.05) is 5.32 Å². The first kappa shape index (κ1) is 20.4. The van der Waals surface area contributed by atoms with E-state index in [1.165, 1.54) is 4.90 Å². The Bertz CT molecular complexity index is 1150. The first-order chi connectivity index (χ1) is 15.3. The fourth-order valence-corrected chi connectivity index (χ4v) is 5.42. The summed E-state index contributed by atoms with van der Waals surface area (Å²) in [5.74, 6) is -3.87. The lowest BCUT2D eigenvalue weighted by atomic mass is 9.76. The molecule has 8 heteroatoms. The van der Waals surface area contributed by atoms with Crippen molar-refractivity contribution >= 4 is 29.4 Å². The van der Waals surface area contributed by atoms with Gasteiger partial charge in [-0.2, -0.15) is 0 Å². The first-order valence-electron chi connectivity index (χ1n) is 10.6. The normalized spacial score (nSPS) is 28.2. The quantitative estimate of drug-likeness (QED) is 0.619.